The molecule has 0 aliphatic rings. The van der Waals surface area contributed by atoms with Crippen molar-refractivity contribution in [2.24, 2.45) is 0 Å². The fraction of sp³-hybridized carbons (Fsp3) is 1.00. The lowest BCUT2D eigenvalue weighted by Gasteiger charge is -2.01. The van der Waals surface area contributed by atoms with E-state index in [4.69, 9.17) is 0 Å². The second-order valence-corrected chi connectivity index (χ2v) is 9.81. The van der Waals surface area contributed by atoms with Crippen LogP contribution in [0.3, 0.4) is 0 Å². The predicted octanol–water partition coefficient (Wildman–Crippen LogP) is 3.08. The van der Waals surface area contributed by atoms with Crippen LogP contribution in [0.25, 0.3) is 0 Å². The van der Waals surface area contributed by atoms with Gasteiger partial charge in [0.1, 0.15) is 6.29 Å². The molecule has 0 fully saturated rings. The SMILES string of the molecule is CCC[SiH](I)CCC.[H+]. The molecule has 0 atom stereocenters. The average molecular weight is 243 g/mol. The molecule has 0 saturated carbocycles. The van der Waals surface area contributed by atoms with Gasteiger partial charge in [0.05, 0.1) is 0 Å². The van der Waals surface area contributed by atoms with Gasteiger partial charge in [-0.3, -0.25) is 0 Å². The van der Waals surface area contributed by atoms with Crippen molar-refractivity contribution in [3.8, 4) is 0 Å². The van der Waals surface area contributed by atoms with Crippen molar-refractivity contribution >= 4 is 28.1 Å². The van der Waals surface area contributed by atoms with Crippen LogP contribution in [0.15, 0.2) is 0 Å². The predicted molar refractivity (Wildman–Crippen MR) is 52.5 cm³/mol. The van der Waals surface area contributed by atoms with E-state index in [0.29, 0.717) is 0 Å². The molecule has 0 unspecified atom stereocenters. The zero-order valence-corrected chi connectivity index (χ0v) is 9.10. The minimum Gasteiger partial charge on any atom is -0.123 e. The number of halogens is 1. The largest absolute Gasteiger partial charge is 1.00 e. The molecule has 0 N–H and O–H groups in total. The third-order valence-corrected chi connectivity index (χ3v) is 7.35. The summed E-state index contributed by atoms with van der Waals surface area (Å²) in [4.78, 5) is 0. The normalized spacial score (nSPS) is 10.5. The lowest BCUT2D eigenvalue weighted by Crippen LogP contribution is -1.98. The van der Waals surface area contributed by atoms with Crippen LogP contribution in [-0.2, 0) is 0 Å². The van der Waals surface area contributed by atoms with Crippen LogP contribution in [0.1, 0.15) is 28.1 Å². The van der Waals surface area contributed by atoms with Gasteiger partial charge in [0.2, 0.25) is 0 Å². The Bertz CT molecular complexity index is 46.3. The molecule has 2 heteroatoms. The van der Waals surface area contributed by atoms with Crippen LogP contribution in [-0.4, -0.2) is 6.29 Å². The van der Waals surface area contributed by atoms with Gasteiger partial charge in [-0.2, -0.15) is 0 Å². The first-order valence-electron chi connectivity index (χ1n) is 3.45. The maximum Gasteiger partial charge on any atom is 1.00 e. The lowest BCUT2D eigenvalue weighted by atomic mass is 10.6. The Kier molecular flexibility index (Phi) is 6.79. The van der Waals surface area contributed by atoms with E-state index in [1.54, 1.807) is 0 Å². The fourth-order valence-corrected chi connectivity index (χ4v) is 6.05. The van der Waals surface area contributed by atoms with Crippen LogP contribution < -0.4 is 0 Å². The highest BCUT2D eigenvalue weighted by Crippen LogP contribution is 2.11. The van der Waals surface area contributed by atoms with Crippen molar-refractivity contribution < 1.29 is 1.43 Å². The van der Waals surface area contributed by atoms with Gasteiger partial charge in [-0.25, -0.2) is 0 Å². The minimum atomic E-state index is -0.232. The molecule has 0 radical (unpaired) electrons. The highest BCUT2D eigenvalue weighted by Gasteiger charge is 2.00. The summed E-state index contributed by atoms with van der Waals surface area (Å²) in [5.74, 6) is 0. The molecule has 50 valence electrons. The first kappa shape index (κ1) is 8.95. The molecule has 0 nitrogen and oxygen atoms in total. The molecule has 0 aliphatic heterocycles. The quantitative estimate of drug-likeness (QED) is 0.404. The van der Waals surface area contributed by atoms with Crippen LogP contribution in [0.2, 0.25) is 12.1 Å². The smallest absolute Gasteiger partial charge is 0.123 e. The van der Waals surface area contributed by atoms with Gasteiger partial charge in [0, 0.05) is 0 Å². The van der Waals surface area contributed by atoms with Crippen molar-refractivity contribution in [3.63, 3.8) is 0 Å². The standard InChI is InChI=1S/C6H15ISi/c1-3-5-8(7)6-4-2/h8H,3-6H2,1-2H3/p+1. The summed E-state index contributed by atoms with van der Waals surface area (Å²) in [7, 11) is 0. The van der Waals surface area contributed by atoms with Gasteiger partial charge in [-0.1, -0.05) is 38.8 Å². The molecule has 0 saturated heterocycles. The molecular weight excluding hydrogens is 227 g/mol. The number of hydrogen-bond donors (Lipinski definition) is 0. The summed E-state index contributed by atoms with van der Waals surface area (Å²) in [5.41, 5.74) is 0. The monoisotopic (exact) mass is 243 g/mol. The third kappa shape index (κ3) is 5.09. The Balaban J connectivity index is 0. The molecule has 0 spiro atoms. The average Bonchev–Trinajstić information content (AvgIpc) is 1.68. The Hall–Kier alpha value is 0.947. The van der Waals surface area contributed by atoms with E-state index in [0.717, 1.165) is 0 Å². The molecule has 0 heterocycles. The highest BCUT2D eigenvalue weighted by molar-refractivity contribution is 14.1. The van der Waals surface area contributed by atoms with Gasteiger partial charge in [-0.15, -0.1) is 21.8 Å². The maximum atomic E-state index is 2.68. The Morgan fingerprint density at radius 1 is 1.25 bits per heavy atom. The van der Waals surface area contributed by atoms with Crippen molar-refractivity contribution in [2.45, 2.75) is 38.8 Å². The zero-order chi connectivity index (χ0) is 6.41. The fourth-order valence-electron chi connectivity index (χ4n) is 0.771. The van der Waals surface area contributed by atoms with Gasteiger partial charge in [0.25, 0.3) is 0 Å². The van der Waals surface area contributed by atoms with Crippen molar-refractivity contribution in [3.05, 3.63) is 0 Å². The third-order valence-electron chi connectivity index (χ3n) is 1.20. The van der Waals surface area contributed by atoms with E-state index in [1.165, 1.54) is 24.9 Å². The molecular formula is C6H16ISi+. The molecule has 0 aromatic carbocycles. The summed E-state index contributed by atoms with van der Waals surface area (Å²) in [6.07, 6.45) is 2.57. The van der Waals surface area contributed by atoms with Crippen LogP contribution in [0.4, 0.5) is 0 Å². The minimum absolute atomic E-state index is 0. The molecule has 0 rings (SSSR count). The van der Waals surface area contributed by atoms with E-state index in [-0.39, 0.29) is 7.72 Å². The molecule has 0 aromatic rings. The Labute approximate surface area is 68.4 Å². The second kappa shape index (κ2) is 6.07. The molecule has 8 heavy (non-hydrogen) atoms. The summed E-state index contributed by atoms with van der Waals surface area (Å²) in [6.45, 7) is 4.57. The molecule has 0 amide bonds. The summed E-state index contributed by atoms with van der Waals surface area (Å²) < 4.78 is 0. The van der Waals surface area contributed by atoms with Crippen LogP contribution >= 0.6 is 21.8 Å². The number of rotatable bonds is 4. The van der Waals surface area contributed by atoms with Gasteiger partial charge in [-0.05, 0) is 0 Å². The van der Waals surface area contributed by atoms with Crippen molar-refractivity contribution in [2.75, 3.05) is 0 Å². The summed E-state index contributed by atoms with van der Waals surface area (Å²) >= 11 is 2.68. The van der Waals surface area contributed by atoms with Gasteiger partial charge >= 0.3 is 1.43 Å². The Morgan fingerprint density at radius 2 is 1.62 bits per heavy atom. The maximum absolute atomic E-state index is 2.68. The molecule has 0 aromatic heterocycles. The summed E-state index contributed by atoms with van der Waals surface area (Å²) in [5, 5.41) is 0. The van der Waals surface area contributed by atoms with Crippen LogP contribution in [0.5, 0.6) is 0 Å². The highest BCUT2D eigenvalue weighted by atomic mass is 127. The summed E-state index contributed by atoms with van der Waals surface area (Å²) in [6, 6.07) is 3.07. The molecule has 0 aliphatic carbocycles. The van der Waals surface area contributed by atoms with E-state index in [9.17, 15) is 0 Å². The van der Waals surface area contributed by atoms with E-state index in [2.05, 4.69) is 35.6 Å². The Morgan fingerprint density at radius 3 is 1.88 bits per heavy atom. The van der Waals surface area contributed by atoms with Crippen LogP contribution in [0, 0.1) is 0 Å². The van der Waals surface area contributed by atoms with E-state index < -0.39 is 0 Å². The van der Waals surface area contributed by atoms with Crippen molar-refractivity contribution in [1.29, 1.82) is 0 Å². The van der Waals surface area contributed by atoms with Gasteiger partial charge in [0.15, 0.2) is 0 Å². The first-order valence-corrected chi connectivity index (χ1v) is 9.26. The molecule has 0 bridgehead atoms. The zero-order valence-electron chi connectivity index (χ0n) is 6.78. The topological polar surface area (TPSA) is 0 Å². The van der Waals surface area contributed by atoms with E-state index >= 15 is 0 Å². The lowest BCUT2D eigenvalue weighted by molar-refractivity contribution is 1.02. The van der Waals surface area contributed by atoms with Gasteiger partial charge < -0.3 is 0 Å². The van der Waals surface area contributed by atoms with Crippen molar-refractivity contribution in [1.82, 2.24) is 0 Å². The van der Waals surface area contributed by atoms with E-state index in [1.807, 2.05) is 0 Å². The number of hydrogen-bond acceptors (Lipinski definition) is 0. The second-order valence-electron chi connectivity index (χ2n) is 2.17. The first-order chi connectivity index (χ1) is 3.81.